The van der Waals surface area contributed by atoms with Crippen molar-refractivity contribution in [3.8, 4) is 0 Å². The van der Waals surface area contributed by atoms with Crippen LogP contribution in [0.1, 0.15) is 30.0 Å². The Labute approximate surface area is 88.9 Å². The number of aromatic nitrogens is 2. The van der Waals surface area contributed by atoms with E-state index in [0.29, 0.717) is 6.54 Å². The Bertz CT molecular complexity index is 483. The van der Waals surface area contributed by atoms with Crippen molar-refractivity contribution in [3.63, 3.8) is 0 Å². The standard InChI is InChI=1S/C12H15N3/c13-6-5-9-1-4-12-14-11(10-2-3-10)8-15(12)7-9/h1,4,7-8,10H,2-3,5-6,13H2. The van der Waals surface area contributed by atoms with Gasteiger partial charge in [-0.25, -0.2) is 4.98 Å². The maximum atomic E-state index is 5.54. The summed E-state index contributed by atoms with van der Waals surface area (Å²) < 4.78 is 2.12. The quantitative estimate of drug-likeness (QED) is 0.821. The minimum atomic E-state index is 0.704. The average Bonchev–Trinajstić information content (AvgIpc) is 2.99. The lowest BCUT2D eigenvalue weighted by Crippen LogP contribution is -2.03. The highest BCUT2D eigenvalue weighted by atomic mass is 15.0. The molecule has 2 aromatic rings. The minimum Gasteiger partial charge on any atom is -0.330 e. The van der Waals surface area contributed by atoms with E-state index >= 15 is 0 Å². The van der Waals surface area contributed by atoms with Crippen molar-refractivity contribution < 1.29 is 0 Å². The molecule has 0 bridgehead atoms. The Hall–Kier alpha value is -1.35. The van der Waals surface area contributed by atoms with Crippen LogP contribution in [0.25, 0.3) is 5.65 Å². The van der Waals surface area contributed by atoms with Crippen molar-refractivity contribution in [2.45, 2.75) is 25.2 Å². The van der Waals surface area contributed by atoms with Crippen LogP contribution in [-0.4, -0.2) is 15.9 Å². The number of nitrogens with zero attached hydrogens (tertiary/aromatic N) is 2. The summed E-state index contributed by atoms with van der Waals surface area (Å²) in [5, 5.41) is 0. The van der Waals surface area contributed by atoms with Gasteiger partial charge in [0.05, 0.1) is 5.69 Å². The third-order valence-corrected chi connectivity index (χ3v) is 2.96. The van der Waals surface area contributed by atoms with E-state index in [-0.39, 0.29) is 0 Å². The Morgan fingerprint density at radius 3 is 2.93 bits per heavy atom. The molecular weight excluding hydrogens is 186 g/mol. The number of imidazole rings is 1. The van der Waals surface area contributed by atoms with Gasteiger partial charge in [0.25, 0.3) is 0 Å². The lowest BCUT2D eigenvalue weighted by Gasteiger charge is -1.98. The number of rotatable bonds is 3. The Morgan fingerprint density at radius 2 is 2.20 bits per heavy atom. The van der Waals surface area contributed by atoms with Gasteiger partial charge in [-0.05, 0) is 37.4 Å². The minimum absolute atomic E-state index is 0.704. The molecule has 0 aliphatic heterocycles. The van der Waals surface area contributed by atoms with E-state index in [4.69, 9.17) is 5.73 Å². The number of hydrogen-bond acceptors (Lipinski definition) is 2. The molecule has 78 valence electrons. The van der Waals surface area contributed by atoms with E-state index in [1.807, 2.05) is 0 Å². The van der Waals surface area contributed by atoms with Crippen LogP contribution in [0, 0.1) is 0 Å². The SMILES string of the molecule is NCCc1ccc2nc(C3CC3)cn2c1. The summed E-state index contributed by atoms with van der Waals surface area (Å²) in [4.78, 5) is 4.61. The largest absolute Gasteiger partial charge is 0.330 e. The average molecular weight is 201 g/mol. The molecule has 3 rings (SSSR count). The van der Waals surface area contributed by atoms with E-state index in [1.165, 1.54) is 24.1 Å². The predicted octanol–water partition coefficient (Wildman–Crippen LogP) is 1.71. The van der Waals surface area contributed by atoms with Gasteiger partial charge in [0, 0.05) is 18.3 Å². The molecule has 0 saturated heterocycles. The zero-order chi connectivity index (χ0) is 10.3. The number of hydrogen-bond donors (Lipinski definition) is 1. The summed E-state index contributed by atoms with van der Waals surface area (Å²) in [5.74, 6) is 0.725. The van der Waals surface area contributed by atoms with Crippen molar-refractivity contribution in [2.75, 3.05) is 6.54 Å². The number of nitrogens with two attached hydrogens (primary N) is 1. The molecular formula is C12H15N3. The first-order valence-corrected chi connectivity index (χ1v) is 5.54. The van der Waals surface area contributed by atoms with Crippen molar-refractivity contribution in [2.24, 2.45) is 5.73 Å². The van der Waals surface area contributed by atoms with E-state index in [0.717, 1.165) is 18.0 Å². The van der Waals surface area contributed by atoms with Gasteiger partial charge in [-0.3, -0.25) is 0 Å². The van der Waals surface area contributed by atoms with Gasteiger partial charge in [0.1, 0.15) is 5.65 Å². The van der Waals surface area contributed by atoms with Gasteiger partial charge in [0.2, 0.25) is 0 Å². The molecule has 0 atom stereocenters. The highest BCUT2D eigenvalue weighted by Crippen LogP contribution is 2.39. The van der Waals surface area contributed by atoms with E-state index in [1.54, 1.807) is 0 Å². The zero-order valence-corrected chi connectivity index (χ0v) is 8.69. The predicted molar refractivity (Wildman–Crippen MR) is 59.9 cm³/mol. The zero-order valence-electron chi connectivity index (χ0n) is 8.69. The second-order valence-electron chi connectivity index (χ2n) is 4.28. The molecule has 0 radical (unpaired) electrons. The lowest BCUT2D eigenvalue weighted by molar-refractivity contribution is 0.951. The molecule has 15 heavy (non-hydrogen) atoms. The Balaban J connectivity index is 2.02. The third kappa shape index (κ3) is 1.63. The van der Waals surface area contributed by atoms with Crippen LogP contribution >= 0.6 is 0 Å². The van der Waals surface area contributed by atoms with Crippen LogP contribution in [0.5, 0.6) is 0 Å². The summed E-state index contributed by atoms with van der Waals surface area (Å²) in [7, 11) is 0. The van der Waals surface area contributed by atoms with Gasteiger partial charge in [-0.1, -0.05) is 6.07 Å². The van der Waals surface area contributed by atoms with Crippen LogP contribution in [-0.2, 0) is 6.42 Å². The van der Waals surface area contributed by atoms with E-state index in [2.05, 4.69) is 33.9 Å². The van der Waals surface area contributed by atoms with Gasteiger partial charge >= 0.3 is 0 Å². The second-order valence-corrected chi connectivity index (χ2v) is 4.28. The Morgan fingerprint density at radius 1 is 1.33 bits per heavy atom. The summed E-state index contributed by atoms with van der Waals surface area (Å²) >= 11 is 0. The molecule has 2 heterocycles. The van der Waals surface area contributed by atoms with Crippen molar-refractivity contribution >= 4 is 5.65 Å². The fourth-order valence-corrected chi connectivity index (χ4v) is 1.95. The lowest BCUT2D eigenvalue weighted by atomic mass is 10.2. The third-order valence-electron chi connectivity index (χ3n) is 2.96. The normalized spacial score (nSPS) is 16.1. The van der Waals surface area contributed by atoms with E-state index in [9.17, 15) is 0 Å². The number of fused-ring (bicyclic) bond motifs is 1. The maximum Gasteiger partial charge on any atom is 0.136 e. The molecule has 1 aliphatic carbocycles. The molecule has 1 aliphatic rings. The first-order chi connectivity index (χ1) is 7.36. The molecule has 1 saturated carbocycles. The van der Waals surface area contributed by atoms with Crippen LogP contribution in [0.15, 0.2) is 24.5 Å². The van der Waals surface area contributed by atoms with Gasteiger partial charge < -0.3 is 10.1 Å². The molecule has 0 amide bonds. The summed E-state index contributed by atoms with van der Waals surface area (Å²) in [6, 6.07) is 4.20. The molecule has 3 heteroatoms. The second kappa shape index (κ2) is 3.35. The summed E-state index contributed by atoms with van der Waals surface area (Å²) in [6.07, 6.45) is 7.85. The van der Waals surface area contributed by atoms with Crippen molar-refractivity contribution in [3.05, 3.63) is 35.8 Å². The smallest absolute Gasteiger partial charge is 0.136 e. The summed E-state index contributed by atoms with van der Waals surface area (Å²) in [6.45, 7) is 0.704. The molecule has 1 fully saturated rings. The highest BCUT2D eigenvalue weighted by molar-refractivity contribution is 5.42. The highest BCUT2D eigenvalue weighted by Gasteiger charge is 2.25. The monoisotopic (exact) mass is 201 g/mol. The van der Waals surface area contributed by atoms with E-state index < -0.39 is 0 Å². The van der Waals surface area contributed by atoms with Crippen LogP contribution in [0.3, 0.4) is 0 Å². The van der Waals surface area contributed by atoms with Crippen molar-refractivity contribution in [1.82, 2.24) is 9.38 Å². The molecule has 3 nitrogen and oxygen atoms in total. The van der Waals surface area contributed by atoms with Gasteiger partial charge in [-0.2, -0.15) is 0 Å². The molecule has 2 N–H and O–H groups in total. The maximum absolute atomic E-state index is 5.54. The Kier molecular flexibility index (Phi) is 1.99. The van der Waals surface area contributed by atoms with Crippen LogP contribution in [0.2, 0.25) is 0 Å². The first kappa shape index (κ1) is 8.92. The van der Waals surface area contributed by atoms with Gasteiger partial charge in [0.15, 0.2) is 0 Å². The topological polar surface area (TPSA) is 43.3 Å². The molecule has 0 unspecified atom stereocenters. The van der Waals surface area contributed by atoms with Crippen LogP contribution in [0.4, 0.5) is 0 Å². The van der Waals surface area contributed by atoms with Crippen molar-refractivity contribution in [1.29, 1.82) is 0 Å². The summed E-state index contributed by atoms with van der Waals surface area (Å²) in [5.41, 5.74) is 9.13. The number of pyridine rings is 1. The first-order valence-electron chi connectivity index (χ1n) is 5.54. The van der Waals surface area contributed by atoms with Crippen LogP contribution < -0.4 is 5.73 Å². The fourth-order valence-electron chi connectivity index (χ4n) is 1.95. The van der Waals surface area contributed by atoms with Gasteiger partial charge in [-0.15, -0.1) is 0 Å². The fraction of sp³-hybridized carbons (Fsp3) is 0.417. The molecule has 0 spiro atoms. The molecule has 0 aromatic carbocycles. The molecule has 2 aromatic heterocycles.